The molecule has 5 heteroatoms. The number of hydrogen-bond acceptors (Lipinski definition) is 2. The highest BCUT2D eigenvalue weighted by Crippen LogP contribution is 2.65. The van der Waals surface area contributed by atoms with Gasteiger partial charge in [-0.15, -0.1) is 0 Å². The van der Waals surface area contributed by atoms with Crippen molar-refractivity contribution in [2.45, 2.75) is 65.2 Å². The number of halogens is 2. The molecule has 208 valence electrons. The lowest BCUT2D eigenvalue weighted by atomic mass is 9.48. The average molecular weight is 550 g/mol. The second-order valence-corrected chi connectivity index (χ2v) is 13.1. The maximum absolute atomic E-state index is 16.5. The van der Waals surface area contributed by atoms with Crippen LogP contribution in [0.5, 0.6) is 0 Å². The van der Waals surface area contributed by atoms with Crippen LogP contribution >= 0.6 is 0 Å². The summed E-state index contributed by atoms with van der Waals surface area (Å²) in [6.45, 7) is 12.5. The van der Waals surface area contributed by atoms with Gasteiger partial charge < -0.3 is 4.42 Å². The molecular formula is C36H35F2N2O+. The Morgan fingerprint density at radius 2 is 1.44 bits per heavy atom. The van der Waals surface area contributed by atoms with Crippen LogP contribution in [0.1, 0.15) is 63.8 Å². The Hall–Kier alpha value is -4.04. The highest BCUT2D eigenvalue weighted by Gasteiger charge is 2.68. The summed E-state index contributed by atoms with van der Waals surface area (Å²) < 4.78 is 41.9. The van der Waals surface area contributed by atoms with E-state index in [-0.39, 0.29) is 0 Å². The normalized spacial score (nSPS) is 18.3. The van der Waals surface area contributed by atoms with Crippen LogP contribution in [0.3, 0.4) is 0 Å². The van der Waals surface area contributed by atoms with Gasteiger partial charge in [-0.05, 0) is 61.2 Å². The van der Waals surface area contributed by atoms with Crippen LogP contribution in [-0.4, -0.2) is 5.92 Å². The molecule has 0 radical (unpaired) electrons. The Kier molecular flexibility index (Phi) is 5.62. The largest absolute Gasteiger partial charge is 0.454 e. The molecule has 0 aliphatic heterocycles. The van der Waals surface area contributed by atoms with Crippen LogP contribution in [0.15, 0.2) is 71.3 Å². The number of aromatic nitrogens is 1. The van der Waals surface area contributed by atoms with E-state index >= 15 is 8.78 Å². The zero-order valence-electron chi connectivity index (χ0n) is 24.9. The maximum atomic E-state index is 16.5. The summed E-state index contributed by atoms with van der Waals surface area (Å²) in [4.78, 5) is 0. The number of rotatable bonds is 2. The molecule has 41 heavy (non-hydrogen) atoms. The first kappa shape index (κ1) is 27.1. The molecule has 0 spiro atoms. The molecular weight excluding hydrogens is 514 g/mol. The van der Waals surface area contributed by atoms with Gasteiger partial charge in [-0.25, -0.2) is 13.3 Å². The zero-order chi connectivity index (χ0) is 29.7. The number of nitrogens with zero attached hydrogens (tertiary/aromatic N) is 2. The summed E-state index contributed by atoms with van der Waals surface area (Å²) in [5.74, 6) is -3.03. The van der Waals surface area contributed by atoms with Crippen LogP contribution in [0.25, 0.3) is 44.3 Å². The lowest BCUT2D eigenvalue weighted by Crippen LogP contribution is -2.62. The standard InChI is InChI=1S/C36H35F2N2O/c1-21-15-17-23-24-18-16-22(20-39)29(32(24)41-31(23)28(21)27-14-9-10-19-40(27)8)25-12-11-13-26-30(25)34(4,5)36(37,38)35(6,7)33(26,2)3/h9-19H,1-8H3/q+1. The van der Waals surface area contributed by atoms with Gasteiger partial charge in [0.05, 0.1) is 22.6 Å². The number of alkyl halides is 2. The van der Waals surface area contributed by atoms with Gasteiger partial charge in [0.25, 0.3) is 5.92 Å². The molecule has 0 saturated heterocycles. The van der Waals surface area contributed by atoms with Gasteiger partial charge in [0, 0.05) is 39.3 Å². The van der Waals surface area contributed by atoms with Crippen molar-refractivity contribution in [3.05, 3.63) is 89.1 Å². The van der Waals surface area contributed by atoms with Crippen molar-refractivity contribution in [3.8, 4) is 28.5 Å². The summed E-state index contributed by atoms with van der Waals surface area (Å²) in [7, 11) is 2.00. The number of benzene rings is 3. The minimum Gasteiger partial charge on any atom is -0.454 e. The summed E-state index contributed by atoms with van der Waals surface area (Å²) >= 11 is 0. The smallest absolute Gasteiger partial charge is 0.262 e. The van der Waals surface area contributed by atoms with Crippen molar-refractivity contribution in [1.29, 1.82) is 5.26 Å². The molecule has 0 amide bonds. The third-order valence-corrected chi connectivity index (χ3v) is 10.2. The van der Waals surface area contributed by atoms with Gasteiger partial charge >= 0.3 is 0 Å². The molecule has 0 fully saturated rings. The maximum Gasteiger partial charge on any atom is 0.262 e. The van der Waals surface area contributed by atoms with Gasteiger partial charge in [-0.1, -0.05) is 58.0 Å². The van der Waals surface area contributed by atoms with Crippen molar-refractivity contribution in [2.24, 2.45) is 12.5 Å². The van der Waals surface area contributed by atoms with E-state index in [2.05, 4.69) is 29.7 Å². The number of furan rings is 1. The van der Waals surface area contributed by atoms with Gasteiger partial charge in [0.1, 0.15) is 18.2 Å². The second kappa shape index (κ2) is 8.49. The third-order valence-electron chi connectivity index (χ3n) is 10.2. The van der Waals surface area contributed by atoms with Gasteiger partial charge in [0.2, 0.25) is 5.69 Å². The monoisotopic (exact) mass is 549 g/mol. The van der Waals surface area contributed by atoms with Crippen molar-refractivity contribution in [2.75, 3.05) is 0 Å². The first-order valence-electron chi connectivity index (χ1n) is 14.0. The molecule has 2 heterocycles. The molecule has 3 aromatic carbocycles. The summed E-state index contributed by atoms with van der Waals surface area (Å²) in [5, 5.41) is 12.1. The predicted octanol–water partition coefficient (Wildman–Crippen LogP) is 9.15. The van der Waals surface area contributed by atoms with E-state index in [9.17, 15) is 5.26 Å². The summed E-state index contributed by atoms with van der Waals surface area (Å²) in [5.41, 5.74) is 3.68. The molecule has 5 aromatic rings. The Morgan fingerprint density at radius 1 is 0.780 bits per heavy atom. The molecule has 0 bridgehead atoms. The Labute approximate surface area is 240 Å². The Bertz CT molecular complexity index is 1940. The van der Waals surface area contributed by atoms with Crippen molar-refractivity contribution < 1.29 is 17.8 Å². The fraction of sp³-hybridized carbons (Fsp3) is 0.333. The van der Waals surface area contributed by atoms with Crippen LogP contribution in [-0.2, 0) is 17.9 Å². The van der Waals surface area contributed by atoms with Crippen LogP contribution in [0.4, 0.5) is 8.78 Å². The van der Waals surface area contributed by atoms with E-state index < -0.39 is 22.2 Å². The van der Waals surface area contributed by atoms with Gasteiger partial charge in [0.15, 0.2) is 6.20 Å². The number of fused-ring (bicyclic) bond motifs is 4. The number of aryl methyl sites for hydroxylation is 2. The summed E-state index contributed by atoms with van der Waals surface area (Å²) in [6, 6.07) is 22.0. The predicted molar refractivity (Wildman–Crippen MR) is 160 cm³/mol. The van der Waals surface area contributed by atoms with Crippen LogP contribution in [0.2, 0.25) is 0 Å². The fourth-order valence-electron chi connectivity index (χ4n) is 7.09. The zero-order valence-corrected chi connectivity index (χ0v) is 24.9. The summed E-state index contributed by atoms with van der Waals surface area (Å²) in [6.07, 6.45) is 2.00. The highest BCUT2D eigenvalue weighted by atomic mass is 19.3. The number of nitriles is 1. The molecule has 0 atom stereocenters. The molecule has 3 nitrogen and oxygen atoms in total. The molecule has 2 aromatic heterocycles. The fourth-order valence-corrected chi connectivity index (χ4v) is 7.09. The lowest BCUT2D eigenvalue weighted by molar-refractivity contribution is -0.660. The van der Waals surface area contributed by atoms with Crippen molar-refractivity contribution in [1.82, 2.24) is 0 Å². The van der Waals surface area contributed by atoms with Gasteiger partial charge in [-0.3, -0.25) is 0 Å². The van der Waals surface area contributed by atoms with E-state index in [1.807, 2.05) is 69.6 Å². The van der Waals surface area contributed by atoms with E-state index in [0.29, 0.717) is 33.4 Å². The van der Waals surface area contributed by atoms with E-state index in [1.165, 1.54) is 0 Å². The van der Waals surface area contributed by atoms with E-state index in [1.54, 1.807) is 33.8 Å². The van der Waals surface area contributed by atoms with Crippen molar-refractivity contribution >= 4 is 21.9 Å². The first-order valence-corrected chi connectivity index (χ1v) is 14.0. The minimum atomic E-state index is -3.03. The van der Waals surface area contributed by atoms with E-state index in [0.717, 1.165) is 33.2 Å². The quantitative estimate of drug-likeness (QED) is 0.206. The van der Waals surface area contributed by atoms with Crippen LogP contribution < -0.4 is 4.57 Å². The molecule has 0 N–H and O–H groups in total. The molecule has 0 unspecified atom stereocenters. The minimum absolute atomic E-state index is 0.398. The first-order chi connectivity index (χ1) is 19.2. The Morgan fingerprint density at radius 3 is 2.10 bits per heavy atom. The van der Waals surface area contributed by atoms with E-state index in [4.69, 9.17) is 4.42 Å². The topological polar surface area (TPSA) is 40.8 Å². The van der Waals surface area contributed by atoms with Gasteiger partial charge in [-0.2, -0.15) is 5.26 Å². The number of hydrogen-bond donors (Lipinski definition) is 0. The lowest BCUT2D eigenvalue weighted by Gasteiger charge is -2.58. The molecule has 0 saturated carbocycles. The second-order valence-electron chi connectivity index (χ2n) is 13.1. The van der Waals surface area contributed by atoms with Crippen LogP contribution in [0, 0.1) is 23.7 Å². The number of pyridine rings is 1. The molecule has 1 aliphatic carbocycles. The molecule has 1 aliphatic rings. The third kappa shape index (κ3) is 3.31. The average Bonchev–Trinajstić information content (AvgIpc) is 3.30. The van der Waals surface area contributed by atoms with Crippen molar-refractivity contribution in [3.63, 3.8) is 0 Å². The molecule has 6 rings (SSSR count). The SMILES string of the molecule is Cc1ccc2c(oc3c(-c4cccc5c4C(C)(C)C(F)(F)C(C)(C)C5(C)C)c(C#N)ccc32)c1-c1cccc[n+]1C. The Balaban J connectivity index is 1.77. The highest BCUT2D eigenvalue weighted by molar-refractivity contribution is 6.14.